The summed E-state index contributed by atoms with van der Waals surface area (Å²) in [7, 11) is 1.47. The van der Waals surface area contributed by atoms with Crippen LogP contribution >= 0.6 is 11.8 Å². The minimum Gasteiger partial charge on any atom is -0.468 e. The van der Waals surface area contributed by atoms with Crippen LogP contribution in [0.25, 0.3) is 0 Å². The Bertz CT molecular complexity index is 307. The normalized spacial score (nSPS) is 27.4. The zero-order chi connectivity index (χ0) is 15.2. The van der Waals surface area contributed by atoms with E-state index in [1.54, 1.807) is 11.8 Å². The van der Waals surface area contributed by atoms with Gasteiger partial charge in [-0.2, -0.15) is 0 Å². The Hall–Kier alpha value is -0.220. The maximum absolute atomic E-state index is 11.4. The number of carbonyl (C=O) groups excluding carboxylic acids is 1. The molecular weight excluding hydrogens is 270 g/mol. The number of hydrogen-bond acceptors (Lipinski definition) is 4. The van der Waals surface area contributed by atoms with Crippen molar-refractivity contribution in [3.05, 3.63) is 0 Å². The molecule has 0 aromatic rings. The highest BCUT2D eigenvalue weighted by molar-refractivity contribution is 8.00. The fourth-order valence-electron chi connectivity index (χ4n) is 3.04. The van der Waals surface area contributed by atoms with E-state index >= 15 is 0 Å². The fourth-order valence-corrected chi connectivity index (χ4v) is 4.34. The Morgan fingerprint density at radius 1 is 1.35 bits per heavy atom. The van der Waals surface area contributed by atoms with Gasteiger partial charge in [0.25, 0.3) is 0 Å². The Morgan fingerprint density at radius 3 is 2.60 bits per heavy atom. The SMILES string of the molecule is CCNC1CCC(C(C)(C)CC)CC1SCC(=O)OC. The third-order valence-electron chi connectivity index (χ3n) is 4.92. The van der Waals surface area contributed by atoms with E-state index < -0.39 is 0 Å². The first-order valence-electron chi connectivity index (χ1n) is 7.86. The van der Waals surface area contributed by atoms with E-state index in [1.807, 2.05) is 0 Å². The lowest BCUT2D eigenvalue weighted by Gasteiger charge is -2.43. The number of carbonyl (C=O) groups is 1. The molecule has 3 unspecified atom stereocenters. The highest BCUT2D eigenvalue weighted by Gasteiger charge is 2.37. The topological polar surface area (TPSA) is 38.3 Å². The Morgan fingerprint density at radius 2 is 2.05 bits per heavy atom. The summed E-state index contributed by atoms with van der Waals surface area (Å²) in [6, 6.07) is 0.540. The second-order valence-electron chi connectivity index (χ2n) is 6.44. The van der Waals surface area contributed by atoms with Gasteiger partial charge in [-0.25, -0.2) is 0 Å². The summed E-state index contributed by atoms with van der Waals surface area (Å²) in [6.07, 6.45) is 4.95. The molecule has 0 bridgehead atoms. The van der Waals surface area contributed by atoms with Crippen LogP contribution in [0, 0.1) is 11.3 Å². The summed E-state index contributed by atoms with van der Waals surface area (Å²) >= 11 is 1.77. The molecule has 0 radical (unpaired) electrons. The number of rotatable bonds is 7. The Balaban J connectivity index is 2.64. The Labute approximate surface area is 128 Å². The second-order valence-corrected chi connectivity index (χ2v) is 7.67. The van der Waals surface area contributed by atoms with Crippen molar-refractivity contribution in [2.45, 2.75) is 64.7 Å². The molecule has 0 aromatic carbocycles. The molecule has 1 aliphatic rings. The summed E-state index contributed by atoms with van der Waals surface area (Å²) in [5, 5.41) is 4.12. The molecule has 0 spiro atoms. The van der Waals surface area contributed by atoms with Crippen LogP contribution in [0.2, 0.25) is 0 Å². The van der Waals surface area contributed by atoms with Gasteiger partial charge in [0.05, 0.1) is 12.9 Å². The van der Waals surface area contributed by atoms with Gasteiger partial charge in [0.2, 0.25) is 0 Å². The first-order valence-corrected chi connectivity index (χ1v) is 8.91. The molecular formula is C16H31NO2S. The van der Waals surface area contributed by atoms with Crippen molar-refractivity contribution in [1.29, 1.82) is 0 Å². The van der Waals surface area contributed by atoms with Gasteiger partial charge in [-0.3, -0.25) is 4.79 Å². The van der Waals surface area contributed by atoms with E-state index in [2.05, 4.69) is 33.0 Å². The largest absolute Gasteiger partial charge is 0.468 e. The van der Waals surface area contributed by atoms with Gasteiger partial charge in [0.15, 0.2) is 0 Å². The number of methoxy groups -OCH3 is 1. The van der Waals surface area contributed by atoms with Gasteiger partial charge in [-0.15, -0.1) is 11.8 Å². The fraction of sp³-hybridized carbons (Fsp3) is 0.938. The molecule has 1 N–H and O–H groups in total. The second kappa shape index (κ2) is 8.28. The summed E-state index contributed by atoms with van der Waals surface area (Å²) in [5.41, 5.74) is 0.404. The molecule has 4 heteroatoms. The van der Waals surface area contributed by atoms with Crippen LogP contribution in [-0.4, -0.2) is 36.7 Å². The van der Waals surface area contributed by atoms with Crippen molar-refractivity contribution >= 4 is 17.7 Å². The quantitative estimate of drug-likeness (QED) is 0.731. The molecule has 0 aromatic heterocycles. The third-order valence-corrected chi connectivity index (χ3v) is 6.27. The van der Waals surface area contributed by atoms with Crippen LogP contribution in [0.15, 0.2) is 0 Å². The monoisotopic (exact) mass is 301 g/mol. The number of ether oxygens (including phenoxy) is 1. The number of hydrogen-bond donors (Lipinski definition) is 1. The lowest BCUT2D eigenvalue weighted by Crippen LogP contribution is -2.45. The van der Waals surface area contributed by atoms with Gasteiger partial charge < -0.3 is 10.1 Å². The van der Waals surface area contributed by atoms with Gasteiger partial charge in [0.1, 0.15) is 0 Å². The molecule has 0 heterocycles. The zero-order valence-corrected chi connectivity index (χ0v) is 14.5. The first kappa shape index (κ1) is 17.8. The predicted molar refractivity (Wildman–Crippen MR) is 87.1 cm³/mol. The van der Waals surface area contributed by atoms with E-state index in [0.29, 0.717) is 22.5 Å². The Kier molecular flexibility index (Phi) is 7.38. The summed E-state index contributed by atoms with van der Waals surface area (Å²) in [6.45, 7) is 10.2. The van der Waals surface area contributed by atoms with Gasteiger partial charge in [-0.1, -0.05) is 34.1 Å². The van der Waals surface area contributed by atoms with Crippen LogP contribution < -0.4 is 5.32 Å². The molecule has 1 fully saturated rings. The molecule has 1 aliphatic carbocycles. The zero-order valence-electron chi connectivity index (χ0n) is 13.7. The van der Waals surface area contributed by atoms with Crippen LogP contribution in [0.3, 0.4) is 0 Å². The van der Waals surface area contributed by atoms with Crippen molar-refractivity contribution in [1.82, 2.24) is 5.32 Å². The standard InChI is InChI=1S/C16H31NO2S/c1-6-16(3,4)12-8-9-13(17-7-2)14(10-12)20-11-15(18)19-5/h12-14,17H,6-11H2,1-5H3. The highest BCUT2D eigenvalue weighted by atomic mass is 32.2. The summed E-state index contributed by atoms with van der Waals surface area (Å²) in [5.74, 6) is 1.13. The molecule has 118 valence electrons. The number of nitrogens with one attached hydrogen (secondary N) is 1. The molecule has 0 amide bonds. The van der Waals surface area contributed by atoms with E-state index in [0.717, 1.165) is 12.5 Å². The molecule has 1 saturated carbocycles. The minimum absolute atomic E-state index is 0.109. The number of esters is 1. The van der Waals surface area contributed by atoms with Crippen molar-refractivity contribution in [2.24, 2.45) is 11.3 Å². The maximum Gasteiger partial charge on any atom is 0.315 e. The van der Waals surface area contributed by atoms with Gasteiger partial charge >= 0.3 is 5.97 Å². The molecule has 1 rings (SSSR count). The molecule has 0 saturated heterocycles. The third kappa shape index (κ3) is 4.96. The van der Waals surface area contributed by atoms with Crippen LogP contribution in [0.5, 0.6) is 0 Å². The predicted octanol–water partition coefficient (Wildman–Crippen LogP) is 3.48. The van der Waals surface area contributed by atoms with E-state index in [1.165, 1.54) is 32.8 Å². The van der Waals surface area contributed by atoms with E-state index in [-0.39, 0.29) is 5.97 Å². The summed E-state index contributed by atoms with van der Waals surface area (Å²) < 4.78 is 4.77. The van der Waals surface area contributed by atoms with Crippen molar-refractivity contribution in [2.75, 3.05) is 19.4 Å². The molecule has 20 heavy (non-hydrogen) atoms. The van der Waals surface area contributed by atoms with Crippen molar-refractivity contribution in [3.8, 4) is 0 Å². The maximum atomic E-state index is 11.4. The van der Waals surface area contributed by atoms with E-state index in [4.69, 9.17) is 4.74 Å². The number of thioether (sulfide) groups is 1. The average Bonchev–Trinajstić information content (AvgIpc) is 2.45. The van der Waals surface area contributed by atoms with Gasteiger partial charge in [-0.05, 0) is 37.1 Å². The summed E-state index contributed by atoms with van der Waals surface area (Å²) in [4.78, 5) is 11.4. The van der Waals surface area contributed by atoms with Crippen LogP contribution in [0.4, 0.5) is 0 Å². The van der Waals surface area contributed by atoms with Crippen LogP contribution in [0.1, 0.15) is 53.4 Å². The van der Waals surface area contributed by atoms with Gasteiger partial charge in [0, 0.05) is 11.3 Å². The van der Waals surface area contributed by atoms with Crippen molar-refractivity contribution in [3.63, 3.8) is 0 Å². The van der Waals surface area contributed by atoms with Crippen LogP contribution in [-0.2, 0) is 9.53 Å². The molecule has 0 aliphatic heterocycles. The highest BCUT2D eigenvalue weighted by Crippen LogP contribution is 2.43. The smallest absolute Gasteiger partial charge is 0.315 e. The van der Waals surface area contributed by atoms with E-state index in [9.17, 15) is 4.79 Å². The van der Waals surface area contributed by atoms with Crippen molar-refractivity contribution < 1.29 is 9.53 Å². The lowest BCUT2D eigenvalue weighted by molar-refractivity contribution is -0.137. The molecule has 3 atom stereocenters. The average molecular weight is 301 g/mol. The minimum atomic E-state index is -0.109. The molecule has 3 nitrogen and oxygen atoms in total. The lowest BCUT2D eigenvalue weighted by atomic mass is 9.68. The first-order chi connectivity index (χ1) is 9.44.